The van der Waals surface area contributed by atoms with Gasteiger partial charge in [0.05, 0.1) is 11.4 Å². The first-order valence-corrected chi connectivity index (χ1v) is 7.27. The molecular formula is C16H27N3. The molecule has 1 aromatic rings. The summed E-state index contributed by atoms with van der Waals surface area (Å²) in [4.78, 5) is 4.75. The van der Waals surface area contributed by atoms with E-state index in [1.54, 1.807) is 0 Å². The molecule has 1 aliphatic rings. The fourth-order valence-electron chi connectivity index (χ4n) is 2.76. The fourth-order valence-corrected chi connectivity index (χ4v) is 2.76. The Balaban J connectivity index is 2.28. The highest BCUT2D eigenvalue weighted by Gasteiger charge is 2.28. The minimum atomic E-state index is 0.538. The van der Waals surface area contributed by atoms with Crippen LogP contribution in [0.3, 0.4) is 0 Å². The van der Waals surface area contributed by atoms with Crippen molar-refractivity contribution in [3.05, 3.63) is 24.3 Å². The van der Waals surface area contributed by atoms with Gasteiger partial charge >= 0.3 is 0 Å². The van der Waals surface area contributed by atoms with E-state index in [1.165, 1.54) is 11.4 Å². The summed E-state index contributed by atoms with van der Waals surface area (Å²) in [6, 6.07) is 9.82. The minimum absolute atomic E-state index is 0.538. The number of nitrogens with one attached hydrogen (secondary N) is 1. The quantitative estimate of drug-likeness (QED) is 0.902. The van der Waals surface area contributed by atoms with Crippen molar-refractivity contribution in [2.75, 3.05) is 37.0 Å². The Bertz CT molecular complexity index is 414. The first-order valence-electron chi connectivity index (χ1n) is 7.27. The monoisotopic (exact) mass is 261 g/mol. The number of rotatable bonds is 3. The molecule has 2 unspecified atom stereocenters. The van der Waals surface area contributed by atoms with Gasteiger partial charge in [-0.3, -0.25) is 0 Å². The maximum absolute atomic E-state index is 3.66. The van der Waals surface area contributed by atoms with Crippen molar-refractivity contribution >= 4 is 11.4 Å². The van der Waals surface area contributed by atoms with Gasteiger partial charge < -0.3 is 15.1 Å². The molecule has 2 atom stereocenters. The largest absolute Gasteiger partial charge is 0.376 e. The van der Waals surface area contributed by atoms with E-state index in [1.807, 2.05) is 0 Å². The van der Waals surface area contributed by atoms with E-state index in [2.05, 4.69) is 74.2 Å². The van der Waals surface area contributed by atoms with E-state index in [0.29, 0.717) is 18.0 Å². The average Bonchev–Trinajstić information content (AvgIpc) is 2.39. The van der Waals surface area contributed by atoms with E-state index in [-0.39, 0.29) is 0 Å². The SMILES string of the molecule is CC(C)C1CN(c2ccccc2N(C)C)C(C)CN1. The normalized spacial score (nSPS) is 23.8. The van der Waals surface area contributed by atoms with Crippen molar-refractivity contribution in [3.63, 3.8) is 0 Å². The first kappa shape index (κ1) is 14.2. The number of hydrogen-bond acceptors (Lipinski definition) is 3. The zero-order valence-electron chi connectivity index (χ0n) is 12.9. The van der Waals surface area contributed by atoms with Crippen LogP contribution in [-0.4, -0.2) is 39.3 Å². The molecule has 0 spiro atoms. The molecule has 0 aliphatic carbocycles. The fraction of sp³-hybridized carbons (Fsp3) is 0.625. The Labute approximate surface area is 117 Å². The third kappa shape index (κ3) is 3.03. The van der Waals surface area contributed by atoms with Crippen LogP contribution in [-0.2, 0) is 0 Å². The van der Waals surface area contributed by atoms with Gasteiger partial charge in [0.1, 0.15) is 0 Å². The van der Waals surface area contributed by atoms with Crippen molar-refractivity contribution in [3.8, 4) is 0 Å². The van der Waals surface area contributed by atoms with Gasteiger partial charge in [0, 0.05) is 39.3 Å². The molecule has 19 heavy (non-hydrogen) atoms. The minimum Gasteiger partial charge on any atom is -0.376 e. The second-order valence-corrected chi connectivity index (χ2v) is 6.14. The zero-order chi connectivity index (χ0) is 14.0. The summed E-state index contributed by atoms with van der Waals surface area (Å²) in [6.45, 7) is 9.04. The van der Waals surface area contributed by atoms with Gasteiger partial charge in [-0.2, -0.15) is 0 Å². The highest BCUT2D eigenvalue weighted by Crippen LogP contribution is 2.31. The van der Waals surface area contributed by atoms with Crippen LogP contribution in [0.4, 0.5) is 11.4 Å². The van der Waals surface area contributed by atoms with Crippen molar-refractivity contribution in [2.24, 2.45) is 5.92 Å². The van der Waals surface area contributed by atoms with Crippen LogP contribution in [0.25, 0.3) is 0 Å². The van der Waals surface area contributed by atoms with Crippen molar-refractivity contribution < 1.29 is 0 Å². The lowest BCUT2D eigenvalue weighted by atomic mass is 9.99. The number of para-hydroxylation sites is 2. The summed E-state index contributed by atoms with van der Waals surface area (Å²) in [7, 11) is 4.23. The third-order valence-electron chi connectivity index (χ3n) is 4.08. The lowest BCUT2D eigenvalue weighted by molar-refractivity contribution is 0.337. The molecule has 106 valence electrons. The number of anilines is 2. The predicted octanol–water partition coefficient (Wildman–Crippen LogP) is 2.58. The van der Waals surface area contributed by atoms with Crippen LogP contribution in [0.2, 0.25) is 0 Å². The van der Waals surface area contributed by atoms with Crippen molar-refractivity contribution in [1.29, 1.82) is 0 Å². The maximum Gasteiger partial charge on any atom is 0.0607 e. The molecule has 0 radical (unpaired) electrons. The zero-order valence-corrected chi connectivity index (χ0v) is 12.9. The Morgan fingerprint density at radius 1 is 1.26 bits per heavy atom. The molecule has 1 heterocycles. The molecule has 2 rings (SSSR count). The lowest BCUT2D eigenvalue weighted by Crippen LogP contribution is -2.57. The molecule has 1 N–H and O–H groups in total. The second-order valence-electron chi connectivity index (χ2n) is 6.14. The Morgan fingerprint density at radius 3 is 2.58 bits per heavy atom. The summed E-state index contributed by atoms with van der Waals surface area (Å²) in [5.41, 5.74) is 2.66. The Kier molecular flexibility index (Phi) is 4.35. The van der Waals surface area contributed by atoms with Gasteiger partial charge in [-0.05, 0) is 25.0 Å². The average molecular weight is 261 g/mol. The molecule has 1 aromatic carbocycles. The molecule has 0 bridgehead atoms. The van der Waals surface area contributed by atoms with Crippen molar-refractivity contribution in [2.45, 2.75) is 32.9 Å². The van der Waals surface area contributed by atoms with Gasteiger partial charge in [-0.1, -0.05) is 26.0 Å². The molecule has 0 aromatic heterocycles. The number of hydrogen-bond donors (Lipinski definition) is 1. The van der Waals surface area contributed by atoms with Crippen molar-refractivity contribution in [1.82, 2.24) is 5.32 Å². The van der Waals surface area contributed by atoms with E-state index in [0.717, 1.165) is 13.1 Å². The summed E-state index contributed by atoms with van der Waals surface area (Å²) in [5, 5.41) is 3.66. The van der Waals surface area contributed by atoms with E-state index in [4.69, 9.17) is 0 Å². The second kappa shape index (κ2) is 5.83. The highest BCUT2D eigenvalue weighted by atomic mass is 15.3. The molecule has 1 saturated heterocycles. The van der Waals surface area contributed by atoms with Crippen LogP contribution in [0.5, 0.6) is 0 Å². The van der Waals surface area contributed by atoms with E-state index >= 15 is 0 Å². The van der Waals surface area contributed by atoms with Gasteiger partial charge in [-0.25, -0.2) is 0 Å². The van der Waals surface area contributed by atoms with Gasteiger partial charge in [0.25, 0.3) is 0 Å². The number of benzene rings is 1. The van der Waals surface area contributed by atoms with Gasteiger partial charge in [0.2, 0.25) is 0 Å². The van der Waals surface area contributed by atoms with Crippen LogP contribution in [0.1, 0.15) is 20.8 Å². The van der Waals surface area contributed by atoms with Crippen LogP contribution in [0, 0.1) is 5.92 Å². The number of nitrogens with zero attached hydrogens (tertiary/aromatic N) is 2. The summed E-state index contributed by atoms with van der Waals surface area (Å²) in [6.07, 6.45) is 0. The Morgan fingerprint density at radius 2 is 1.95 bits per heavy atom. The third-order valence-corrected chi connectivity index (χ3v) is 4.08. The maximum atomic E-state index is 3.66. The van der Waals surface area contributed by atoms with Crippen LogP contribution < -0.4 is 15.1 Å². The first-order chi connectivity index (χ1) is 9.00. The molecule has 1 aliphatic heterocycles. The lowest BCUT2D eigenvalue weighted by Gasteiger charge is -2.43. The molecule has 3 nitrogen and oxygen atoms in total. The molecule has 0 amide bonds. The summed E-state index contributed by atoms with van der Waals surface area (Å²) < 4.78 is 0. The highest BCUT2D eigenvalue weighted by molar-refractivity contribution is 5.71. The molecule has 0 saturated carbocycles. The predicted molar refractivity (Wildman–Crippen MR) is 84.2 cm³/mol. The topological polar surface area (TPSA) is 18.5 Å². The van der Waals surface area contributed by atoms with Crippen LogP contribution >= 0.6 is 0 Å². The molecule has 3 heteroatoms. The standard InChI is InChI=1S/C16H27N3/c1-12(2)14-11-19(13(3)10-17-14)16-9-7-6-8-15(16)18(4)5/h6-9,12-14,17H,10-11H2,1-5H3. The molecular weight excluding hydrogens is 234 g/mol. The van der Waals surface area contributed by atoms with E-state index < -0.39 is 0 Å². The van der Waals surface area contributed by atoms with Gasteiger partial charge in [-0.15, -0.1) is 0 Å². The van der Waals surface area contributed by atoms with Gasteiger partial charge in [0.15, 0.2) is 0 Å². The number of piperazine rings is 1. The van der Waals surface area contributed by atoms with E-state index in [9.17, 15) is 0 Å². The molecule has 1 fully saturated rings. The van der Waals surface area contributed by atoms with Crippen LogP contribution in [0.15, 0.2) is 24.3 Å². The summed E-state index contributed by atoms with van der Waals surface area (Å²) >= 11 is 0. The smallest absolute Gasteiger partial charge is 0.0607 e. The summed E-state index contributed by atoms with van der Waals surface area (Å²) in [5.74, 6) is 0.668. The Hall–Kier alpha value is -1.22.